The molecule has 94 valence electrons. The first-order valence-corrected chi connectivity index (χ1v) is 7.12. The molecule has 0 saturated heterocycles. The largest absolute Gasteiger partial charge is 0.310 e. The van der Waals surface area contributed by atoms with Gasteiger partial charge >= 0.3 is 0 Å². The van der Waals surface area contributed by atoms with Crippen molar-refractivity contribution in [2.45, 2.75) is 45.2 Å². The van der Waals surface area contributed by atoms with Crippen LogP contribution in [0.4, 0.5) is 0 Å². The molecule has 1 aromatic rings. The van der Waals surface area contributed by atoms with Gasteiger partial charge < -0.3 is 5.32 Å². The van der Waals surface area contributed by atoms with Gasteiger partial charge in [0.05, 0.1) is 0 Å². The third-order valence-electron chi connectivity index (χ3n) is 3.40. The molecule has 1 fully saturated rings. The smallest absolute Gasteiger partial charge is 0.0451 e. The Hall–Kier alpha value is -0.240. The number of halogens is 2. The highest BCUT2D eigenvalue weighted by atomic mass is 35.5. The highest BCUT2D eigenvalue weighted by Crippen LogP contribution is 2.34. The van der Waals surface area contributed by atoms with Crippen molar-refractivity contribution in [3.05, 3.63) is 33.8 Å². The first kappa shape index (κ1) is 13.2. The van der Waals surface area contributed by atoms with Gasteiger partial charge in [0.1, 0.15) is 0 Å². The van der Waals surface area contributed by atoms with Crippen molar-refractivity contribution in [2.75, 3.05) is 0 Å². The summed E-state index contributed by atoms with van der Waals surface area (Å²) in [5.41, 5.74) is 1.09. The lowest BCUT2D eigenvalue weighted by molar-refractivity contribution is 0.445. The predicted molar refractivity (Wildman–Crippen MR) is 74.7 cm³/mol. The van der Waals surface area contributed by atoms with E-state index in [4.69, 9.17) is 23.2 Å². The van der Waals surface area contributed by atoms with Crippen molar-refractivity contribution in [3.8, 4) is 0 Å². The van der Waals surface area contributed by atoms with Gasteiger partial charge in [0.25, 0.3) is 0 Å². The third-order valence-corrected chi connectivity index (χ3v) is 4.00. The van der Waals surface area contributed by atoms with Crippen LogP contribution in [0.2, 0.25) is 10.0 Å². The third kappa shape index (κ3) is 4.17. The molecule has 1 atom stereocenters. The molecule has 2 rings (SSSR count). The lowest BCUT2D eigenvalue weighted by Crippen LogP contribution is -2.28. The second-order valence-electron chi connectivity index (χ2n) is 4.90. The van der Waals surface area contributed by atoms with E-state index in [2.05, 4.69) is 12.2 Å². The SMILES string of the molecule is CCC(CC1CC1)NCc1cc(Cl)ccc1Cl. The fourth-order valence-corrected chi connectivity index (χ4v) is 2.46. The van der Waals surface area contributed by atoms with Gasteiger partial charge in [-0.2, -0.15) is 0 Å². The van der Waals surface area contributed by atoms with Crippen LogP contribution in [0, 0.1) is 5.92 Å². The van der Waals surface area contributed by atoms with Gasteiger partial charge in [-0.05, 0) is 42.5 Å². The van der Waals surface area contributed by atoms with E-state index in [1.165, 1.54) is 25.7 Å². The molecule has 1 aliphatic rings. The highest BCUT2D eigenvalue weighted by molar-refractivity contribution is 6.33. The maximum atomic E-state index is 6.14. The van der Waals surface area contributed by atoms with Crippen LogP contribution in [0.3, 0.4) is 0 Å². The molecule has 0 bridgehead atoms. The van der Waals surface area contributed by atoms with Crippen molar-refractivity contribution in [3.63, 3.8) is 0 Å². The lowest BCUT2D eigenvalue weighted by atomic mass is 10.1. The molecule has 1 N–H and O–H groups in total. The van der Waals surface area contributed by atoms with Gasteiger partial charge in [0.2, 0.25) is 0 Å². The number of nitrogens with one attached hydrogen (secondary N) is 1. The van der Waals surface area contributed by atoms with Crippen LogP contribution in [0.25, 0.3) is 0 Å². The van der Waals surface area contributed by atoms with E-state index in [0.29, 0.717) is 6.04 Å². The maximum Gasteiger partial charge on any atom is 0.0451 e. The van der Waals surface area contributed by atoms with E-state index in [9.17, 15) is 0 Å². The summed E-state index contributed by atoms with van der Waals surface area (Å²) < 4.78 is 0. The normalized spacial score (nSPS) is 17.1. The van der Waals surface area contributed by atoms with Crippen LogP contribution in [0.5, 0.6) is 0 Å². The fourth-order valence-electron chi connectivity index (χ4n) is 2.08. The minimum absolute atomic E-state index is 0.609. The molecule has 0 spiro atoms. The summed E-state index contributed by atoms with van der Waals surface area (Å²) in [4.78, 5) is 0. The van der Waals surface area contributed by atoms with Gasteiger partial charge in [0, 0.05) is 22.6 Å². The Labute approximate surface area is 114 Å². The van der Waals surface area contributed by atoms with Gasteiger partial charge in [-0.1, -0.05) is 43.0 Å². The quantitative estimate of drug-likeness (QED) is 0.794. The summed E-state index contributed by atoms with van der Waals surface area (Å²) in [5, 5.41) is 5.13. The van der Waals surface area contributed by atoms with Crippen LogP contribution >= 0.6 is 23.2 Å². The van der Waals surface area contributed by atoms with Crippen LogP contribution in [0.15, 0.2) is 18.2 Å². The maximum absolute atomic E-state index is 6.14. The van der Waals surface area contributed by atoms with E-state index < -0.39 is 0 Å². The second-order valence-corrected chi connectivity index (χ2v) is 5.74. The molecule has 1 aliphatic carbocycles. The van der Waals surface area contributed by atoms with E-state index in [-0.39, 0.29) is 0 Å². The zero-order valence-electron chi connectivity index (χ0n) is 10.2. The average molecular weight is 272 g/mol. The van der Waals surface area contributed by atoms with E-state index in [1.807, 2.05) is 18.2 Å². The molecule has 1 unspecified atom stereocenters. The summed E-state index contributed by atoms with van der Waals surface area (Å²) in [6.45, 7) is 3.05. The molecule has 0 aliphatic heterocycles. The summed E-state index contributed by atoms with van der Waals surface area (Å²) >= 11 is 12.1. The predicted octanol–water partition coefficient (Wildman–Crippen LogP) is 4.66. The summed E-state index contributed by atoms with van der Waals surface area (Å²) in [6.07, 6.45) is 5.30. The van der Waals surface area contributed by atoms with E-state index in [1.54, 1.807) is 0 Å². The summed E-state index contributed by atoms with van der Waals surface area (Å²) in [6, 6.07) is 6.25. The Balaban J connectivity index is 1.88. The van der Waals surface area contributed by atoms with Crippen molar-refractivity contribution in [1.82, 2.24) is 5.32 Å². The molecular weight excluding hydrogens is 253 g/mol. The van der Waals surface area contributed by atoms with Crippen molar-refractivity contribution in [1.29, 1.82) is 0 Å². The average Bonchev–Trinajstić information content (AvgIpc) is 3.12. The van der Waals surface area contributed by atoms with E-state index >= 15 is 0 Å². The van der Waals surface area contributed by atoms with Gasteiger partial charge in [-0.3, -0.25) is 0 Å². The lowest BCUT2D eigenvalue weighted by Gasteiger charge is -2.17. The van der Waals surface area contributed by atoms with Crippen molar-refractivity contribution >= 4 is 23.2 Å². The topological polar surface area (TPSA) is 12.0 Å². The Morgan fingerprint density at radius 3 is 2.76 bits per heavy atom. The minimum atomic E-state index is 0.609. The number of rotatable bonds is 6. The first-order chi connectivity index (χ1) is 8.19. The van der Waals surface area contributed by atoms with Crippen LogP contribution in [-0.2, 0) is 6.54 Å². The van der Waals surface area contributed by atoms with Gasteiger partial charge in [-0.15, -0.1) is 0 Å². The Kier molecular flexibility index (Phi) is 4.72. The molecule has 0 aromatic heterocycles. The summed E-state index contributed by atoms with van der Waals surface area (Å²) in [5.74, 6) is 0.960. The molecule has 1 saturated carbocycles. The summed E-state index contributed by atoms with van der Waals surface area (Å²) in [7, 11) is 0. The molecular formula is C14H19Cl2N. The van der Waals surface area contributed by atoms with Crippen LogP contribution in [0.1, 0.15) is 38.2 Å². The highest BCUT2D eigenvalue weighted by Gasteiger charge is 2.24. The van der Waals surface area contributed by atoms with Gasteiger partial charge in [-0.25, -0.2) is 0 Å². The Morgan fingerprint density at radius 2 is 2.12 bits per heavy atom. The van der Waals surface area contributed by atoms with Crippen LogP contribution < -0.4 is 5.32 Å². The van der Waals surface area contributed by atoms with E-state index in [0.717, 1.165) is 28.1 Å². The zero-order chi connectivity index (χ0) is 12.3. The number of hydrogen-bond donors (Lipinski definition) is 1. The van der Waals surface area contributed by atoms with Crippen molar-refractivity contribution < 1.29 is 0 Å². The molecule has 1 nitrogen and oxygen atoms in total. The molecule has 0 heterocycles. The van der Waals surface area contributed by atoms with Crippen molar-refractivity contribution in [2.24, 2.45) is 5.92 Å². The monoisotopic (exact) mass is 271 g/mol. The molecule has 17 heavy (non-hydrogen) atoms. The Bertz CT molecular complexity index is 374. The molecule has 1 aromatic carbocycles. The fraction of sp³-hybridized carbons (Fsp3) is 0.571. The Morgan fingerprint density at radius 1 is 1.35 bits per heavy atom. The standard InChI is InChI=1S/C14H19Cl2N/c1-2-13(7-10-3-4-10)17-9-11-8-12(15)5-6-14(11)16/h5-6,8,10,13,17H,2-4,7,9H2,1H3. The number of hydrogen-bond acceptors (Lipinski definition) is 1. The molecule has 0 radical (unpaired) electrons. The molecule has 3 heteroatoms. The minimum Gasteiger partial charge on any atom is -0.310 e. The zero-order valence-corrected chi connectivity index (χ0v) is 11.7. The first-order valence-electron chi connectivity index (χ1n) is 6.36. The second kappa shape index (κ2) is 6.08. The van der Waals surface area contributed by atoms with Crippen LogP contribution in [-0.4, -0.2) is 6.04 Å². The number of benzene rings is 1. The molecule has 0 amide bonds. The van der Waals surface area contributed by atoms with Gasteiger partial charge in [0.15, 0.2) is 0 Å².